The Balaban J connectivity index is 4.16. The first-order valence-corrected chi connectivity index (χ1v) is 6.44. The lowest BCUT2D eigenvalue weighted by Crippen LogP contribution is -2.33. The number of hydrogen-bond acceptors (Lipinski definition) is 4. The smallest absolute Gasteiger partial charge is 0.256 e. The molecule has 0 saturated heterocycles. The van der Waals surface area contributed by atoms with Crippen molar-refractivity contribution < 1.29 is 9.42 Å². The minimum absolute atomic E-state index is 0.0518. The number of hydrogen-bond donors (Lipinski definition) is 1. The Morgan fingerprint density at radius 1 is 1.40 bits per heavy atom. The van der Waals surface area contributed by atoms with Crippen LogP contribution in [0, 0.1) is 11.3 Å². The highest BCUT2D eigenvalue weighted by Gasteiger charge is 2.24. The third-order valence-corrected chi connectivity index (χ3v) is 3.65. The molecule has 4 nitrogen and oxygen atoms in total. The van der Waals surface area contributed by atoms with Crippen LogP contribution in [0.25, 0.3) is 0 Å². The van der Waals surface area contributed by atoms with Gasteiger partial charge in [0, 0.05) is 12.1 Å². The van der Waals surface area contributed by atoms with E-state index in [1.165, 1.54) is 0 Å². The number of nitriles is 1. The number of alkyl halides is 1. The van der Waals surface area contributed by atoms with Crippen molar-refractivity contribution in [3.8, 4) is 6.07 Å². The molecule has 0 rings (SSSR count). The quantitative estimate of drug-likeness (QED) is 0.583. The second-order valence-electron chi connectivity index (χ2n) is 3.71. The van der Waals surface area contributed by atoms with Gasteiger partial charge in [-0.2, -0.15) is 5.26 Å². The first-order valence-electron chi connectivity index (χ1n) is 4.84. The van der Waals surface area contributed by atoms with Crippen LogP contribution in [0.3, 0.4) is 0 Å². The maximum atomic E-state index is 9.79. The predicted octanol–water partition coefficient (Wildman–Crippen LogP) is 2.47. The van der Waals surface area contributed by atoms with E-state index in [1.807, 2.05) is 38.4 Å². The molecular formula is C9H18ClN2O2P. The fourth-order valence-electron chi connectivity index (χ4n) is 1.23. The summed E-state index contributed by atoms with van der Waals surface area (Å²) in [4.78, 5) is 9.79. The normalized spacial score (nSPS) is 15.7. The van der Waals surface area contributed by atoms with Gasteiger partial charge in [0.05, 0.1) is 12.7 Å². The Kier molecular flexibility index (Phi) is 7.42. The van der Waals surface area contributed by atoms with E-state index < -0.39 is 13.9 Å². The number of halogens is 1. The average Bonchev–Trinajstić information content (AvgIpc) is 2.12. The first kappa shape index (κ1) is 15.1. The number of rotatable bonds is 6. The molecule has 0 amide bonds. The van der Waals surface area contributed by atoms with Crippen LogP contribution in [0.4, 0.5) is 0 Å². The summed E-state index contributed by atoms with van der Waals surface area (Å²) >= 11 is 5.57. The van der Waals surface area contributed by atoms with E-state index in [1.54, 1.807) is 0 Å². The van der Waals surface area contributed by atoms with Gasteiger partial charge < -0.3 is 9.42 Å². The van der Waals surface area contributed by atoms with Gasteiger partial charge in [0.1, 0.15) is 5.38 Å². The second kappa shape index (κ2) is 7.38. The summed E-state index contributed by atoms with van der Waals surface area (Å²) in [5.74, 6) is 0. The lowest BCUT2D eigenvalue weighted by atomic mass is 10.3. The van der Waals surface area contributed by atoms with Crippen molar-refractivity contribution in [3.63, 3.8) is 0 Å². The SMILES string of the molecule is CC(C)N(C(C)C)P(O)OCC(Cl)C#N. The lowest BCUT2D eigenvalue weighted by Gasteiger charge is -2.32. The molecule has 0 heterocycles. The van der Waals surface area contributed by atoms with Crippen LogP contribution in [0.5, 0.6) is 0 Å². The summed E-state index contributed by atoms with van der Waals surface area (Å²) in [5, 5.41) is 7.75. The Hall–Kier alpha value is 0.0900. The highest BCUT2D eigenvalue weighted by atomic mass is 35.5. The van der Waals surface area contributed by atoms with E-state index in [0.29, 0.717) is 0 Å². The first-order chi connectivity index (χ1) is 6.90. The van der Waals surface area contributed by atoms with Crippen LogP contribution >= 0.6 is 20.1 Å². The minimum atomic E-state index is -1.66. The summed E-state index contributed by atoms with van der Waals surface area (Å²) in [6.07, 6.45) is 0. The molecular weight excluding hydrogens is 235 g/mol. The molecule has 0 aliphatic rings. The summed E-state index contributed by atoms with van der Waals surface area (Å²) in [7, 11) is -1.66. The maximum Gasteiger partial charge on any atom is 0.256 e. The van der Waals surface area contributed by atoms with Crippen LogP contribution in [-0.2, 0) is 4.52 Å². The van der Waals surface area contributed by atoms with Crippen LogP contribution in [0.15, 0.2) is 0 Å². The largest absolute Gasteiger partial charge is 0.338 e. The molecule has 0 aromatic heterocycles. The van der Waals surface area contributed by atoms with Gasteiger partial charge in [0.2, 0.25) is 0 Å². The summed E-state index contributed by atoms with van der Waals surface area (Å²) < 4.78 is 7.03. The third-order valence-electron chi connectivity index (χ3n) is 1.73. The zero-order valence-corrected chi connectivity index (χ0v) is 11.2. The molecule has 2 atom stereocenters. The predicted molar refractivity (Wildman–Crippen MR) is 62.5 cm³/mol. The molecule has 0 aromatic carbocycles. The zero-order chi connectivity index (χ0) is 12.0. The molecule has 2 unspecified atom stereocenters. The highest BCUT2D eigenvalue weighted by molar-refractivity contribution is 7.43. The zero-order valence-electron chi connectivity index (χ0n) is 9.51. The van der Waals surface area contributed by atoms with E-state index in [9.17, 15) is 4.89 Å². The van der Waals surface area contributed by atoms with Gasteiger partial charge in [0.15, 0.2) is 0 Å². The summed E-state index contributed by atoms with van der Waals surface area (Å²) in [6.45, 7) is 7.99. The van der Waals surface area contributed by atoms with E-state index >= 15 is 0 Å². The molecule has 6 heteroatoms. The van der Waals surface area contributed by atoms with E-state index in [4.69, 9.17) is 21.4 Å². The van der Waals surface area contributed by atoms with Crippen molar-refractivity contribution in [1.82, 2.24) is 4.67 Å². The maximum absolute atomic E-state index is 9.79. The fourth-order valence-corrected chi connectivity index (χ4v) is 2.58. The van der Waals surface area contributed by atoms with Gasteiger partial charge in [-0.05, 0) is 27.7 Å². The minimum Gasteiger partial charge on any atom is -0.338 e. The monoisotopic (exact) mass is 252 g/mol. The van der Waals surface area contributed by atoms with Crippen LogP contribution in [0.1, 0.15) is 27.7 Å². The fraction of sp³-hybridized carbons (Fsp3) is 0.889. The van der Waals surface area contributed by atoms with Crippen molar-refractivity contribution in [3.05, 3.63) is 0 Å². The molecule has 88 valence electrons. The Bertz CT molecular complexity index is 213. The van der Waals surface area contributed by atoms with Crippen molar-refractivity contribution in [2.45, 2.75) is 45.2 Å². The van der Waals surface area contributed by atoms with Crippen LogP contribution in [-0.4, -0.2) is 33.6 Å². The summed E-state index contributed by atoms with van der Waals surface area (Å²) in [6, 6.07) is 2.22. The van der Waals surface area contributed by atoms with Gasteiger partial charge >= 0.3 is 0 Å². The molecule has 0 aromatic rings. The van der Waals surface area contributed by atoms with Gasteiger partial charge in [-0.25, -0.2) is 4.67 Å². The average molecular weight is 253 g/mol. The number of nitrogens with zero attached hydrogens (tertiary/aromatic N) is 2. The van der Waals surface area contributed by atoms with E-state index in [0.717, 1.165) is 0 Å². The van der Waals surface area contributed by atoms with Crippen LogP contribution < -0.4 is 0 Å². The van der Waals surface area contributed by atoms with Crippen molar-refractivity contribution in [1.29, 1.82) is 5.26 Å². The van der Waals surface area contributed by atoms with Crippen molar-refractivity contribution in [2.75, 3.05) is 6.61 Å². The Morgan fingerprint density at radius 2 is 1.87 bits per heavy atom. The van der Waals surface area contributed by atoms with Gasteiger partial charge in [-0.1, -0.05) is 0 Å². The van der Waals surface area contributed by atoms with Crippen molar-refractivity contribution in [2.24, 2.45) is 0 Å². The molecule has 0 fully saturated rings. The van der Waals surface area contributed by atoms with Gasteiger partial charge in [-0.15, -0.1) is 11.6 Å². The Labute approximate surface area is 97.8 Å². The molecule has 0 aliphatic heterocycles. The van der Waals surface area contributed by atoms with Crippen molar-refractivity contribution >= 4 is 20.1 Å². The second-order valence-corrected chi connectivity index (χ2v) is 5.47. The molecule has 0 saturated carbocycles. The molecule has 0 aliphatic carbocycles. The van der Waals surface area contributed by atoms with E-state index in [2.05, 4.69) is 0 Å². The standard InChI is InChI=1S/C9H18ClN2O2P/c1-7(2)12(8(3)4)15(13)14-6-9(10)5-11/h7-9,13H,6H2,1-4H3. The highest BCUT2D eigenvalue weighted by Crippen LogP contribution is 2.40. The molecule has 15 heavy (non-hydrogen) atoms. The summed E-state index contributed by atoms with van der Waals surface area (Å²) in [5.41, 5.74) is 0. The molecule has 0 radical (unpaired) electrons. The Morgan fingerprint density at radius 3 is 2.20 bits per heavy atom. The molecule has 0 bridgehead atoms. The van der Waals surface area contributed by atoms with Gasteiger partial charge in [0.25, 0.3) is 8.53 Å². The lowest BCUT2D eigenvalue weighted by molar-refractivity contribution is 0.216. The molecule has 0 spiro atoms. The molecule has 1 N–H and O–H groups in total. The van der Waals surface area contributed by atoms with Crippen LogP contribution in [0.2, 0.25) is 0 Å². The third kappa shape index (κ3) is 5.65. The van der Waals surface area contributed by atoms with Gasteiger partial charge in [-0.3, -0.25) is 0 Å². The van der Waals surface area contributed by atoms with E-state index in [-0.39, 0.29) is 18.7 Å². The topological polar surface area (TPSA) is 56.5 Å².